The lowest BCUT2D eigenvalue weighted by molar-refractivity contribution is -0.209. The molecule has 8 nitrogen and oxygen atoms in total. The zero-order valence-corrected chi connectivity index (χ0v) is 18.7. The minimum Gasteiger partial charge on any atom is -0.466 e. The second kappa shape index (κ2) is 8.44. The van der Waals surface area contributed by atoms with Crippen molar-refractivity contribution in [2.24, 2.45) is 23.2 Å². The topological polar surface area (TPSA) is 108 Å². The summed E-state index contributed by atoms with van der Waals surface area (Å²) in [4.78, 5) is 13.1. The van der Waals surface area contributed by atoms with Crippen LogP contribution in [0.25, 0.3) is 0 Å². The van der Waals surface area contributed by atoms with Gasteiger partial charge in [0.05, 0.1) is 37.4 Å². The van der Waals surface area contributed by atoms with Gasteiger partial charge in [0.25, 0.3) is 10.1 Å². The van der Waals surface area contributed by atoms with E-state index in [2.05, 4.69) is 0 Å². The maximum atomic E-state index is 13.0. The molecule has 172 valence electrons. The molecule has 3 aliphatic rings. The van der Waals surface area contributed by atoms with Crippen LogP contribution in [0.5, 0.6) is 0 Å². The molecule has 1 aromatic carbocycles. The number of fused-ring (bicyclic) bond motifs is 1. The van der Waals surface area contributed by atoms with Crippen LogP contribution in [0.1, 0.15) is 33.1 Å². The van der Waals surface area contributed by atoms with Gasteiger partial charge in [0.15, 0.2) is 5.79 Å². The van der Waals surface area contributed by atoms with Gasteiger partial charge in [-0.3, -0.25) is 8.98 Å². The van der Waals surface area contributed by atoms with Crippen molar-refractivity contribution in [1.29, 1.82) is 0 Å². The molecule has 0 amide bonds. The summed E-state index contributed by atoms with van der Waals surface area (Å²) in [6.45, 7) is 4.57. The molecule has 1 N–H and O–H groups in total. The highest BCUT2D eigenvalue weighted by Crippen LogP contribution is 2.63. The van der Waals surface area contributed by atoms with E-state index in [0.29, 0.717) is 32.5 Å². The van der Waals surface area contributed by atoms with Crippen LogP contribution in [-0.4, -0.2) is 57.8 Å². The van der Waals surface area contributed by atoms with Crippen LogP contribution in [0.3, 0.4) is 0 Å². The van der Waals surface area contributed by atoms with Crippen LogP contribution in [0.4, 0.5) is 0 Å². The van der Waals surface area contributed by atoms with E-state index < -0.39 is 39.3 Å². The van der Waals surface area contributed by atoms with Crippen molar-refractivity contribution in [3.8, 4) is 0 Å². The Hall–Kier alpha value is -1.52. The molecule has 0 bridgehead atoms. The fourth-order valence-electron chi connectivity index (χ4n) is 5.77. The summed E-state index contributed by atoms with van der Waals surface area (Å²) in [5.41, 5.74) is -0.569. The van der Waals surface area contributed by atoms with Gasteiger partial charge in [-0.25, -0.2) is 0 Å². The molecule has 1 heterocycles. The molecule has 1 spiro atoms. The Bertz CT molecular complexity index is 895. The number of aliphatic hydroxyl groups excluding tert-OH is 1. The minimum atomic E-state index is -3.96. The maximum Gasteiger partial charge on any atom is 0.314 e. The fraction of sp³-hybridized carbons (Fsp3) is 0.682. The van der Waals surface area contributed by atoms with Gasteiger partial charge in [-0.05, 0) is 43.2 Å². The van der Waals surface area contributed by atoms with E-state index >= 15 is 0 Å². The van der Waals surface area contributed by atoms with Crippen LogP contribution < -0.4 is 0 Å². The predicted molar refractivity (Wildman–Crippen MR) is 109 cm³/mol. The maximum absolute atomic E-state index is 13.0. The highest BCUT2D eigenvalue weighted by molar-refractivity contribution is 7.86. The van der Waals surface area contributed by atoms with Crippen LogP contribution in [0.2, 0.25) is 0 Å². The first-order chi connectivity index (χ1) is 14.7. The normalized spacial score (nSPS) is 34.5. The fourth-order valence-corrected chi connectivity index (χ4v) is 6.73. The molecule has 2 aliphatic carbocycles. The average Bonchev–Trinajstić information content (AvgIpc) is 3.30. The average molecular weight is 455 g/mol. The predicted octanol–water partition coefficient (Wildman–Crippen LogP) is 2.11. The Kier molecular flexibility index (Phi) is 6.17. The third kappa shape index (κ3) is 3.91. The highest BCUT2D eigenvalue weighted by atomic mass is 32.2. The van der Waals surface area contributed by atoms with Gasteiger partial charge in [-0.1, -0.05) is 25.1 Å². The third-order valence-electron chi connectivity index (χ3n) is 7.19. The van der Waals surface area contributed by atoms with Gasteiger partial charge in [0.2, 0.25) is 0 Å². The molecule has 1 aromatic rings. The Morgan fingerprint density at radius 1 is 1.23 bits per heavy atom. The van der Waals surface area contributed by atoms with E-state index in [4.69, 9.17) is 18.4 Å². The van der Waals surface area contributed by atoms with Crippen molar-refractivity contribution >= 4 is 16.1 Å². The van der Waals surface area contributed by atoms with Crippen molar-refractivity contribution in [1.82, 2.24) is 0 Å². The number of rotatable bonds is 6. The largest absolute Gasteiger partial charge is 0.466 e. The summed E-state index contributed by atoms with van der Waals surface area (Å²) < 4.78 is 48.0. The lowest BCUT2D eigenvalue weighted by Gasteiger charge is -2.46. The molecule has 1 aliphatic heterocycles. The van der Waals surface area contributed by atoms with Crippen LogP contribution in [0, 0.1) is 23.2 Å². The van der Waals surface area contributed by atoms with E-state index in [9.17, 15) is 18.3 Å². The molecular formula is C22H30O8S. The molecule has 1 saturated heterocycles. The molecule has 0 aromatic heterocycles. The Balaban J connectivity index is 1.61. The van der Waals surface area contributed by atoms with Gasteiger partial charge < -0.3 is 19.3 Å². The van der Waals surface area contributed by atoms with E-state index in [0.717, 1.165) is 0 Å². The second-order valence-electron chi connectivity index (χ2n) is 8.83. The van der Waals surface area contributed by atoms with Gasteiger partial charge >= 0.3 is 5.97 Å². The zero-order valence-electron chi connectivity index (χ0n) is 17.9. The first kappa shape index (κ1) is 22.7. The molecule has 4 rings (SSSR count). The summed E-state index contributed by atoms with van der Waals surface area (Å²) in [5.74, 6) is -2.83. The number of carbonyl (C=O) groups excluding carboxylic acids is 1. The highest BCUT2D eigenvalue weighted by Gasteiger charge is 2.69. The second-order valence-corrected chi connectivity index (χ2v) is 10.4. The minimum absolute atomic E-state index is 0.0674. The number of esters is 1. The van der Waals surface area contributed by atoms with Crippen LogP contribution in [-0.2, 0) is 33.3 Å². The number of aliphatic hydroxyl groups is 1. The number of carbonyl (C=O) groups is 1. The van der Waals surface area contributed by atoms with Crippen molar-refractivity contribution in [3.63, 3.8) is 0 Å². The SMILES string of the molecule is CCOC(=O)C1C2(C[C@H]3[C@H](COS(=O)(=O)c4ccccc4)[C@@H](O)CC[C@]13C)OCCO2. The zero-order chi connectivity index (χ0) is 22.3. The summed E-state index contributed by atoms with van der Waals surface area (Å²) in [5, 5.41) is 10.8. The molecule has 31 heavy (non-hydrogen) atoms. The van der Waals surface area contributed by atoms with Crippen molar-refractivity contribution < 1.29 is 36.7 Å². The van der Waals surface area contributed by atoms with E-state index in [1.165, 1.54) is 12.1 Å². The number of ether oxygens (including phenoxy) is 3. The summed E-state index contributed by atoms with van der Waals surface area (Å²) in [7, 11) is -3.96. The molecule has 3 fully saturated rings. The first-order valence-electron chi connectivity index (χ1n) is 10.8. The van der Waals surface area contributed by atoms with Gasteiger partial charge in [-0.15, -0.1) is 0 Å². The summed E-state index contributed by atoms with van der Waals surface area (Å²) >= 11 is 0. The molecular weight excluding hydrogens is 424 g/mol. The standard InChI is InChI=1S/C22H30O8S/c1-3-27-20(24)19-21(2)10-9-18(23)16(17(21)13-22(19)28-11-12-29-22)14-30-31(25,26)15-7-5-4-6-8-15/h4-8,16-19,23H,3,9-14H2,1-2H3/t16-,17-,18-,19?,21-/m0/s1. The molecule has 5 atom stereocenters. The van der Waals surface area contributed by atoms with E-state index in [-0.39, 0.29) is 30.0 Å². The van der Waals surface area contributed by atoms with E-state index in [1.54, 1.807) is 25.1 Å². The van der Waals surface area contributed by atoms with Crippen LogP contribution >= 0.6 is 0 Å². The van der Waals surface area contributed by atoms with Crippen molar-refractivity contribution in [2.45, 2.75) is 49.9 Å². The van der Waals surface area contributed by atoms with Crippen molar-refractivity contribution in [2.75, 3.05) is 26.4 Å². The summed E-state index contributed by atoms with van der Waals surface area (Å²) in [6, 6.07) is 7.92. The van der Waals surface area contributed by atoms with Gasteiger partial charge in [0, 0.05) is 12.3 Å². The lowest BCUT2D eigenvalue weighted by Crippen LogP contribution is -2.50. The van der Waals surface area contributed by atoms with Gasteiger partial charge in [-0.2, -0.15) is 8.42 Å². The third-order valence-corrected chi connectivity index (χ3v) is 8.48. The van der Waals surface area contributed by atoms with Crippen molar-refractivity contribution in [3.05, 3.63) is 30.3 Å². The molecule has 2 saturated carbocycles. The monoisotopic (exact) mass is 454 g/mol. The smallest absolute Gasteiger partial charge is 0.314 e. The molecule has 1 unspecified atom stereocenters. The molecule has 0 radical (unpaired) electrons. The van der Waals surface area contributed by atoms with Gasteiger partial charge in [0.1, 0.15) is 5.92 Å². The number of hydrogen-bond acceptors (Lipinski definition) is 8. The number of benzene rings is 1. The summed E-state index contributed by atoms with van der Waals surface area (Å²) in [6.07, 6.45) is 0.643. The first-order valence-corrected chi connectivity index (χ1v) is 12.2. The van der Waals surface area contributed by atoms with Crippen LogP contribution in [0.15, 0.2) is 35.2 Å². The lowest BCUT2D eigenvalue weighted by atomic mass is 9.60. The molecule has 9 heteroatoms. The number of hydrogen-bond donors (Lipinski definition) is 1. The van der Waals surface area contributed by atoms with E-state index in [1.807, 2.05) is 6.92 Å². The Morgan fingerprint density at radius 3 is 2.55 bits per heavy atom. The Labute approximate surface area is 182 Å². The quantitative estimate of drug-likeness (QED) is 0.514. The Morgan fingerprint density at radius 2 is 1.90 bits per heavy atom.